The van der Waals surface area contributed by atoms with E-state index in [1.54, 1.807) is 12.4 Å². The highest BCUT2D eigenvalue weighted by Crippen LogP contribution is 2.36. The number of aromatic nitrogens is 1. The fourth-order valence-electron chi connectivity index (χ4n) is 2.87. The molecule has 0 amide bonds. The van der Waals surface area contributed by atoms with Crippen molar-refractivity contribution >= 4 is 18.4 Å². The van der Waals surface area contributed by atoms with Crippen molar-refractivity contribution < 1.29 is 14.1 Å². The molecule has 0 spiro atoms. The van der Waals surface area contributed by atoms with Crippen molar-refractivity contribution in [2.24, 2.45) is 0 Å². The van der Waals surface area contributed by atoms with Gasteiger partial charge in [-0.25, -0.2) is 0 Å². The number of ketones is 1. The molecule has 1 aliphatic rings. The first kappa shape index (κ1) is 17.8. The van der Waals surface area contributed by atoms with Gasteiger partial charge >= 0.3 is 7.12 Å². The lowest BCUT2D eigenvalue weighted by atomic mass is 9.78. The van der Waals surface area contributed by atoms with Crippen LogP contribution in [0.4, 0.5) is 0 Å². The molecule has 0 atom stereocenters. The number of carbonyl (C=O) groups excluding carboxylic acids is 1. The Morgan fingerprint density at radius 1 is 1.12 bits per heavy atom. The molecule has 4 nitrogen and oxygen atoms in total. The molecule has 2 aromatic rings. The largest absolute Gasteiger partial charge is 0.494 e. The highest BCUT2D eigenvalue weighted by atomic mass is 16.7. The number of nitrogens with zero attached hydrogens (tertiary/aromatic N) is 1. The fourth-order valence-corrected chi connectivity index (χ4v) is 2.87. The molecular formula is C20H24BNO3. The zero-order valence-corrected chi connectivity index (χ0v) is 15.5. The molecule has 1 aromatic carbocycles. The summed E-state index contributed by atoms with van der Waals surface area (Å²) >= 11 is 0. The number of hydrogen-bond acceptors (Lipinski definition) is 4. The predicted molar refractivity (Wildman–Crippen MR) is 99.2 cm³/mol. The van der Waals surface area contributed by atoms with E-state index in [9.17, 15) is 4.79 Å². The van der Waals surface area contributed by atoms with Crippen LogP contribution in [-0.4, -0.2) is 29.1 Å². The van der Waals surface area contributed by atoms with Crippen LogP contribution in [-0.2, 0) is 15.7 Å². The lowest BCUT2D eigenvalue weighted by Gasteiger charge is -2.32. The molecule has 5 heteroatoms. The van der Waals surface area contributed by atoms with Gasteiger partial charge in [-0.05, 0) is 57.3 Å². The van der Waals surface area contributed by atoms with Crippen LogP contribution in [0.5, 0.6) is 0 Å². The van der Waals surface area contributed by atoms with Crippen molar-refractivity contribution in [1.82, 2.24) is 4.98 Å². The molecule has 1 fully saturated rings. The summed E-state index contributed by atoms with van der Waals surface area (Å²) in [6.45, 7) is 10.1. The molecule has 3 rings (SSSR count). The van der Waals surface area contributed by atoms with E-state index in [0.29, 0.717) is 12.0 Å². The van der Waals surface area contributed by atoms with Crippen LogP contribution in [0.25, 0.3) is 0 Å². The van der Waals surface area contributed by atoms with E-state index in [-0.39, 0.29) is 17.0 Å². The minimum atomic E-state index is -0.416. The second-order valence-corrected chi connectivity index (χ2v) is 7.62. The van der Waals surface area contributed by atoms with Crippen molar-refractivity contribution in [2.45, 2.75) is 52.2 Å². The second kappa shape index (κ2) is 6.39. The maximum absolute atomic E-state index is 12.6. The van der Waals surface area contributed by atoms with Crippen LogP contribution in [0, 0.1) is 6.92 Å². The Morgan fingerprint density at radius 2 is 1.80 bits per heavy atom. The smallest absolute Gasteiger partial charge is 0.399 e. The molecule has 0 aliphatic carbocycles. The van der Waals surface area contributed by atoms with Crippen LogP contribution in [0.3, 0.4) is 0 Å². The molecule has 0 N–H and O–H groups in total. The van der Waals surface area contributed by atoms with Crippen molar-refractivity contribution in [3.63, 3.8) is 0 Å². The van der Waals surface area contributed by atoms with Crippen LogP contribution in [0.2, 0.25) is 0 Å². The van der Waals surface area contributed by atoms with E-state index >= 15 is 0 Å². The van der Waals surface area contributed by atoms with Gasteiger partial charge < -0.3 is 9.31 Å². The Morgan fingerprint density at radius 3 is 2.44 bits per heavy atom. The van der Waals surface area contributed by atoms with Crippen LogP contribution in [0.1, 0.15) is 49.2 Å². The average Bonchev–Trinajstić information content (AvgIpc) is 2.76. The summed E-state index contributed by atoms with van der Waals surface area (Å²) in [6.07, 6.45) is 3.67. The van der Waals surface area contributed by atoms with Gasteiger partial charge in [0.1, 0.15) is 0 Å². The summed E-state index contributed by atoms with van der Waals surface area (Å²) in [6, 6.07) is 9.72. The minimum Gasteiger partial charge on any atom is -0.399 e. The highest BCUT2D eigenvalue weighted by Gasteiger charge is 2.51. The first-order chi connectivity index (χ1) is 11.7. The first-order valence-electron chi connectivity index (χ1n) is 8.58. The quantitative estimate of drug-likeness (QED) is 0.635. The number of rotatable bonds is 4. The van der Waals surface area contributed by atoms with Gasteiger partial charge in [0.2, 0.25) is 0 Å². The number of Topliss-reactive ketones (excluding diaryl/α,β-unsaturated/α-hetero) is 1. The van der Waals surface area contributed by atoms with Gasteiger partial charge in [-0.1, -0.05) is 24.3 Å². The van der Waals surface area contributed by atoms with Crippen LogP contribution < -0.4 is 5.46 Å². The lowest BCUT2D eigenvalue weighted by molar-refractivity contribution is 0.00578. The Kier molecular flexibility index (Phi) is 4.56. The van der Waals surface area contributed by atoms with Gasteiger partial charge in [-0.15, -0.1) is 0 Å². The summed E-state index contributed by atoms with van der Waals surface area (Å²) in [5.74, 6) is 0.0664. The van der Waals surface area contributed by atoms with Gasteiger partial charge in [0.05, 0.1) is 11.2 Å². The second-order valence-electron chi connectivity index (χ2n) is 7.62. The van der Waals surface area contributed by atoms with E-state index in [0.717, 1.165) is 16.6 Å². The molecule has 1 saturated heterocycles. The Bertz CT molecular complexity index is 785. The van der Waals surface area contributed by atoms with E-state index < -0.39 is 7.12 Å². The summed E-state index contributed by atoms with van der Waals surface area (Å²) in [7, 11) is -0.416. The van der Waals surface area contributed by atoms with Crippen molar-refractivity contribution in [3.05, 3.63) is 59.4 Å². The third kappa shape index (κ3) is 3.53. The summed E-state index contributed by atoms with van der Waals surface area (Å²) in [5.41, 5.74) is 2.74. The van der Waals surface area contributed by atoms with Gasteiger partial charge in [0, 0.05) is 24.4 Å². The van der Waals surface area contributed by atoms with Crippen molar-refractivity contribution in [3.8, 4) is 0 Å². The zero-order valence-electron chi connectivity index (χ0n) is 15.5. The maximum atomic E-state index is 12.6. The third-order valence-electron chi connectivity index (χ3n) is 5.18. The Labute approximate surface area is 149 Å². The van der Waals surface area contributed by atoms with E-state index in [2.05, 4.69) is 4.98 Å². The average molecular weight is 337 g/mol. The summed E-state index contributed by atoms with van der Waals surface area (Å²) in [5, 5.41) is 0. The zero-order chi connectivity index (χ0) is 18.2. The molecule has 0 saturated carbocycles. The monoisotopic (exact) mass is 337 g/mol. The molecule has 25 heavy (non-hydrogen) atoms. The van der Waals surface area contributed by atoms with Crippen molar-refractivity contribution in [2.75, 3.05) is 0 Å². The number of hydrogen-bond donors (Lipinski definition) is 0. The van der Waals surface area contributed by atoms with Gasteiger partial charge in [0.15, 0.2) is 5.78 Å². The Hall–Kier alpha value is -1.98. The number of aryl methyl sites for hydroxylation is 1. The van der Waals surface area contributed by atoms with E-state index in [1.165, 1.54) is 0 Å². The van der Waals surface area contributed by atoms with Gasteiger partial charge in [-0.3, -0.25) is 9.78 Å². The lowest BCUT2D eigenvalue weighted by Crippen LogP contribution is -2.41. The molecule has 0 unspecified atom stereocenters. The van der Waals surface area contributed by atoms with Gasteiger partial charge in [0.25, 0.3) is 0 Å². The van der Waals surface area contributed by atoms with E-state index in [4.69, 9.17) is 9.31 Å². The molecule has 2 heterocycles. The molecule has 130 valence electrons. The Balaban J connectivity index is 1.79. The summed E-state index contributed by atoms with van der Waals surface area (Å²) < 4.78 is 12.2. The number of pyridine rings is 1. The highest BCUT2D eigenvalue weighted by molar-refractivity contribution is 6.62. The van der Waals surface area contributed by atoms with Gasteiger partial charge in [-0.2, -0.15) is 0 Å². The molecule has 0 bridgehead atoms. The fraction of sp³-hybridized carbons (Fsp3) is 0.400. The normalized spacial score (nSPS) is 18.4. The van der Waals surface area contributed by atoms with Crippen LogP contribution in [0.15, 0.2) is 42.7 Å². The standard InChI is InChI=1S/C20H24BNO3/c1-14-9-10-22-13-17(14)18(23)12-15-7-6-8-16(11-15)21-24-19(2,3)20(4,5)25-21/h6-11,13H,12H2,1-5H3. The van der Waals surface area contributed by atoms with E-state index in [1.807, 2.05) is 65.0 Å². The third-order valence-corrected chi connectivity index (χ3v) is 5.18. The molecule has 1 aromatic heterocycles. The number of carbonyl (C=O) groups is 1. The first-order valence-corrected chi connectivity index (χ1v) is 8.58. The SMILES string of the molecule is Cc1ccncc1C(=O)Cc1cccc(B2OC(C)(C)C(C)(C)O2)c1. The topological polar surface area (TPSA) is 48.4 Å². The van der Waals surface area contributed by atoms with Crippen LogP contribution >= 0.6 is 0 Å². The molecular weight excluding hydrogens is 313 g/mol. The maximum Gasteiger partial charge on any atom is 0.494 e. The minimum absolute atomic E-state index is 0.0664. The summed E-state index contributed by atoms with van der Waals surface area (Å²) in [4.78, 5) is 16.6. The molecule has 0 radical (unpaired) electrons. The number of benzene rings is 1. The molecule has 1 aliphatic heterocycles. The van der Waals surface area contributed by atoms with Crippen molar-refractivity contribution in [1.29, 1.82) is 0 Å². The predicted octanol–water partition coefficient (Wildman–Crippen LogP) is 3.11.